The molecule has 9 nitrogen and oxygen atoms in total. The molecule has 48 heavy (non-hydrogen) atoms. The minimum atomic E-state index is -1.01. The van der Waals surface area contributed by atoms with Gasteiger partial charge in [0.25, 0.3) is 0 Å². The number of nitriles is 2. The number of imidazole rings is 1. The second-order valence-corrected chi connectivity index (χ2v) is 11.0. The number of nitrogens with zero attached hydrogens (tertiary/aromatic N) is 5. The lowest BCUT2D eigenvalue weighted by molar-refractivity contribution is 0.0697. The van der Waals surface area contributed by atoms with Crippen LogP contribution in [-0.2, 0) is 24.3 Å². The van der Waals surface area contributed by atoms with E-state index in [4.69, 9.17) is 19.7 Å². The normalized spacial score (nSPS) is 10.8. The summed E-state index contributed by atoms with van der Waals surface area (Å²) in [5, 5.41) is 28.0. The summed E-state index contributed by atoms with van der Waals surface area (Å²) >= 11 is 0. The van der Waals surface area contributed by atoms with Gasteiger partial charge >= 0.3 is 5.97 Å². The first kappa shape index (κ1) is 31.6. The summed E-state index contributed by atoms with van der Waals surface area (Å²) in [4.78, 5) is 21.3. The maximum atomic E-state index is 14.4. The summed E-state index contributed by atoms with van der Waals surface area (Å²) in [6.07, 6.45) is 0.434. The Morgan fingerprint density at radius 3 is 2.35 bits per heavy atom. The summed E-state index contributed by atoms with van der Waals surface area (Å²) < 4.78 is 27.6. The highest BCUT2D eigenvalue weighted by Crippen LogP contribution is 2.32. The number of pyridine rings is 1. The van der Waals surface area contributed by atoms with Gasteiger partial charge in [-0.1, -0.05) is 36.4 Å². The number of hydrogen-bond acceptors (Lipinski definition) is 7. The SMILES string of the molecule is COCCn1c(Cc2ccc(-c3cccc(OCc4ccc(C#N)cc4F)n3)cc2-c2ccc(C#N)cc2)nc2ccc(C(=O)O)cc21. The largest absolute Gasteiger partial charge is 0.478 e. The van der Waals surface area contributed by atoms with Crippen LogP contribution in [-0.4, -0.2) is 39.3 Å². The van der Waals surface area contributed by atoms with Crippen LogP contribution in [0, 0.1) is 28.5 Å². The lowest BCUT2D eigenvalue weighted by Gasteiger charge is -2.15. The molecule has 10 heteroatoms. The molecular formula is C38H28FN5O4. The molecule has 0 saturated carbocycles. The van der Waals surface area contributed by atoms with E-state index in [0.29, 0.717) is 53.3 Å². The van der Waals surface area contributed by atoms with Crippen LogP contribution in [0.5, 0.6) is 5.88 Å². The maximum Gasteiger partial charge on any atom is 0.335 e. The van der Waals surface area contributed by atoms with Crippen LogP contribution in [0.2, 0.25) is 0 Å². The fraction of sp³-hybridized carbons (Fsp3) is 0.132. The molecular weight excluding hydrogens is 609 g/mol. The number of ether oxygens (including phenoxy) is 2. The third-order valence-electron chi connectivity index (χ3n) is 7.95. The molecule has 4 aromatic carbocycles. The van der Waals surface area contributed by atoms with Crippen LogP contribution >= 0.6 is 0 Å². The van der Waals surface area contributed by atoms with Gasteiger partial charge in [-0.25, -0.2) is 19.2 Å². The van der Waals surface area contributed by atoms with Crippen LogP contribution < -0.4 is 4.74 Å². The summed E-state index contributed by atoms with van der Waals surface area (Å²) in [6, 6.07) is 31.9. The fourth-order valence-electron chi connectivity index (χ4n) is 5.47. The van der Waals surface area contributed by atoms with E-state index >= 15 is 0 Å². The quantitative estimate of drug-likeness (QED) is 0.158. The van der Waals surface area contributed by atoms with Gasteiger partial charge in [0.05, 0.1) is 52.2 Å². The number of hydrogen-bond donors (Lipinski definition) is 1. The Labute approximate surface area is 275 Å². The van der Waals surface area contributed by atoms with Crippen molar-refractivity contribution >= 4 is 17.0 Å². The molecule has 0 atom stereocenters. The first-order valence-corrected chi connectivity index (χ1v) is 15.0. The van der Waals surface area contributed by atoms with E-state index in [9.17, 15) is 19.6 Å². The van der Waals surface area contributed by atoms with Crippen molar-refractivity contribution in [1.82, 2.24) is 14.5 Å². The van der Waals surface area contributed by atoms with E-state index in [1.807, 2.05) is 53.1 Å². The van der Waals surface area contributed by atoms with Crippen LogP contribution in [0.4, 0.5) is 4.39 Å². The lowest BCUT2D eigenvalue weighted by atomic mass is 9.93. The molecule has 0 spiro atoms. The minimum Gasteiger partial charge on any atom is -0.478 e. The van der Waals surface area contributed by atoms with Crippen molar-refractivity contribution in [2.24, 2.45) is 0 Å². The zero-order valence-electron chi connectivity index (χ0n) is 25.9. The molecule has 1 N–H and O–H groups in total. The number of aromatic carboxylic acids is 1. The smallest absolute Gasteiger partial charge is 0.335 e. The molecule has 0 unspecified atom stereocenters. The standard InChI is InChI=1S/C38H28FN5O4/c1-47-16-15-44-35-19-29(38(45)46)13-14-34(35)42-36(44)20-27-11-12-28(18-31(27)26-8-5-24(21-40)6-9-26)33-3-2-4-37(43-33)48-23-30-10-7-25(22-41)17-32(30)39/h2-14,17-19H,15-16,20,23H2,1H3,(H,45,46). The van der Waals surface area contributed by atoms with Gasteiger partial charge in [0.2, 0.25) is 5.88 Å². The van der Waals surface area contributed by atoms with Crippen LogP contribution in [0.1, 0.15) is 38.4 Å². The number of carboxylic acid groups (broad SMARTS) is 1. The van der Waals surface area contributed by atoms with E-state index in [1.54, 1.807) is 43.5 Å². The zero-order chi connectivity index (χ0) is 33.6. The summed E-state index contributed by atoms with van der Waals surface area (Å²) in [5.41, 5.74) is 6.86. The Morgan fingerprint density at radius 1 is 0.875 bits per heavy atom. The zero-order valence-corrected chi connectivity index (χ0v) is 25.9. The molecule has 0 bridgehead atoms. The minimum absolute atomic E-state index is 0.0541. The Bertz CT molecular complexity index is 2230. The Balaban J connectivity index is 1.37. The monoisotopic (exact) mass is 637 g/mol. The van der Waals surface area contributed by atoms with E-state index in [1.165, 1.54) is 18.2 Å². The predicted octanol–water partition coefficient (Wildman–Crippen LogP) is 7.16. The van der Waals surface area contributed by atoms with Crippen molar-refractivity contribution in [2.75, 3.05) is 13.7 Å². The number of rotatable bonds is 11. The number of carbonyl (C=O) groups is 1. The van der Waals surface area contributed by atoms with Crippen LogP contribution in [0.25, 0.3) is 33.4 Å². The van der Waals surface area contributed by atoms with Crippen LogP contribution in [0.3, 0.4) is 0 Å². The van der Waals surface area contributed by atoms with Crippen molar-refractivity contribution < 1.29 is 23.8 Å². The van der Waals surface area contributed by atoms with Crippen molar-refractivity contribution in [2.45, 2.75) is 19.6 Å². The summed E-state index contributed by atoms with van der Waals surface area (Å²) in [7, 11) is 1.61. The van der Waals surface area contributed by atoms with Gasteiger partial charge in [-0.05, 0) is 71.3 Å². The molecule has 2 heterocycles. The van der Waals surface area contributed by atoms with Gasteiger partial charge in [-0.15, -0.1) is 0 Å². The molecule has 0 aliphatic carbocycles. The van der Waals surface area contributed by atoms with E-state index in [2.05, 4.69) is 11.1 Å². The molecule has 0 radical (unpaired) electrons. The van der Waals surface area contributed by atoms with E-state index in [0.717, 1.165) is 28.1 Å². The number of carboxylic acids is 1. The molecule has 236 valence electrons. The summed E-state index contributed by atoms with van der Waals surface area (Å²) in [5.74, 6) is -0.476. The van der Waals surface area contributed by atoms with Gasteiger partial charge in [0, 0.05) is 37.3 Å². The average Bonchev–Trinajstić information content (AvgIpc) is 3.46. The highest BCUT2D eigenvalue weighted by Gasteiger charge is 2.17. The van der Waals surface area contributed by atoms with Gasteiger partial charge in [-0.3, -0.25) is 0 Å². The highest BCUT2D eigenvalue weighted by molar-refractivity contribution is 5.92. The van der Waals surface area contributed by atoms with Gasteiger partial charge in [0.1, 0.15) is 18.2 Å². The molecule has 6 aromatic rings. The van der Waals surface area contributed by atoms with Gasteiger partial charge in [0.15, 0.2) is 0 Å². The van der Waals surface area contributed by atoms with E-state index in [-0.39, 0.29) is 17.7 Å². The van der Waals surface area contributed by atoms with Gasteiger partial charge in [-0.2, -0.15) is 10.5 Å². The van der Waals surface area contributed by atoms with Crippen molar-refractivity contribution in [3.05, 3.63) is 137 Å². The number of aromatic nitrogens is 3. The molecule has 6 rings (SSSR count). The molecule has 2 aromatic heterocycles. The lowest BCUT2D eigenvalue weighted by Crippen LogP contribution is -2.10. The Kier molecular flexibility index (Phi) is 9.19. The fourth-order valence-corrected chi connectivity index (χ4v) is 5.47. The van der Waals surface area contributed by atoms with Crippen molar-refractivity contribution in [3.8, 4) is 40.4 Å². The molecule has 0 saturated heterocycles. The molecule has 0 fully saturated rings. The van der Waals surface area contributed by atoms with E-state index < -0.39 is 11.8 Å². The number of halogens is 1. The topological polar surface area (TPSA) is 134 Å². The first-order chi connectivity index (χ1) is 23.4. The second-order valence-electron chi connectivity index (χ2n) is 11.0. The number of fused-ring (bicyclic) bond motifs is 1. The van der Waals surface area contributed by atoms with Crippen molar-refractivity contribution in [1.29, 1.82) is 10.5 Å². The Hall–Kier alpha value is -6.36. The third kappa shape index (κ3) is 6.75. The van der Waals surface area contributed by atoms with Crippen molar-refractivity contribution in [3.63, 3.8) is 0 Å². The maximum absolute atomic E-state index is 14.4. The number of methoxy groups -OCH3 is 1. The first-order valence-electron chi connectivity index (χ1n) is 15.0. The summed E-state index contributed by atoms with van der Waals surface area (Å²) in [6.45, 7) is 0.847. The highest BCUT2D eigenvalue weighted by atomic mass is 19.1. The van der Waals surface area contributed by atoms with Crippen LogP contribution in [0.15, 0.2) is 97.1 Å². The second kappa shape index (κ2) is 14.0. The Morgan fingerprint density at radius 2 is 1.62 bits per heavy atom. The number of benzene rings is 4. The predicted molar refractivity (Wildman–Crippen MR) is 177 cm³/mol. The third-order valence-corrected chi connectivity index (χ3v) is 7.95. The molecule has 0 amide bonds. The molecule has 0 aliphatic heterocycles. The molecule has 0 aliphatic rings. The average molecular weight is 638 g/mol. The van der Waals surface area contributed by atoms with Gasteiger partial charge < -0.3 is 19.1 Å².